The summed E-state index contributed by atoms with van der Waals surface area (Å²) in [4.78, 5) is 15.9. The predicted octanol–water partition coefficient (Wildman–Crippen LogP) is 1.81. The number of carboxylic acid groups (broad SMARTS) is 1. The molecular weight excluding hydrogens is 210 g/mol. The van der Waals surface area contributed by atoms with Crippen LogP contribution in [0.4, 0.5) is 0 Å². The third-order valence-corrected chi connectivity index (χ3v) is 2.61. The van der Waals surface area contributed by atoms with E-state index in [1.165, 1.54) is 6.92 Å². The van der Waals surface area contributed by atoms with Crippen molar-refractivity contribution < 1.29 is 19.2 Å². The molecule has 1 unspecified atom stereocenters. The zero-order chi connectivity index (χ0) is 11.8. The van der Waals surface area contributed by atoms with Gasteiger partial charge in [-0.2, -0.15) is 0 Å². The van der Waals surface area contributed by atoms with Crippen LogP contribution in [-0.2, 0) is 16.1 Å². The molecule has 1 atom stereocenters. The highest BCUT2D eigenvalue weighted by Crippen LogP contribution is 2.27. The number of nitrogens with zero attached hydrogens (tertiary/aromatic N) is 1. The predicted molar refractivity (Wildman–Crippen MR) is 56.4 cm³/mol. The zero-order valence-electron chi connectivity index (χ0n) is 9.19. The van der Waals surface area contributed by atoms with Gasteiger partial charge in [-0.15, -0.1) is 0 Å². The molecule has 0 radical (unpaired) electrons. The molecule has 2 heterocycles. The van der Waals surface area contributed by atoms with Gasteiger partial charge in [-0.1, -0.05) is 12.1 Å². The van der Waals surface area contributed by atoms with Crippen molar-refractivity contribution in [1.82, 2.24) is 0 Å². The molecule has 1 N–H and O–H groups in total. The molecule has 1 aliphatic rings. The Morgan fingerprint density at radius 2 is 2.38 bits per heavy atom. The van der Waals surface area contributed by atoms with Gasteiger partial charge in [0.1, 0.15) is 11.5 Å². The molecule has 1 aromatic heterocycles. The van der Waals surface area contributed by atoms with E-state index in [0.717, 1.165) is 12.2 Å². The van der Waals surface area contributed by atoms with Gasteiger partial charge in [0.25, 0.3) is 0 Å². The number of aliphatic carboxylic acids is 1. The van der Waals surface area contributed by atoms with Crippen molar-refractivity contribution >= 4 is 11.7 Å². The van der Waals surface area contributed by atoms with E-state index in [4.69, 9.17) is 14.4 Å². The second-order valence-electron chi connectivity index (χ2n) is 3.96. The Bertz CT molecular complexity index is 449. The monoisotopic (exact) mass is 223 g/mol. The van der Waals surface area contributed by atoms with Crippen molar-refractivity contribution in [3.8, 4) is 0 Å². The number of carboxylic acids is 1. The number of oxime groups is 1. The molecule has 0 aliphatic carbocycles. The van der Waals surface area contributed by atoms with Gasteiger partial charge in [0.15, 0.2) is 5.76 Å². The van der Waals surface area contributed by atoms with Gasteiger partial charge >= 0.3 is 5.97 Å². The van der Waals surface area contributed by atoms with Crippen LogP contribution in [0.15, 0.2) is 21.7 Å². The van der Waals surface area contributed by atoms with E-state index in [2.05, 4.69) is 5.16 Å². The van der Waals surface area contributed by atoms with Crippen molar-refractivity contribution in [1.29, 1.82) is 0 Å². The minimum Gasteiger partial charge on any atom is -0.478 e. The highest BCUT2D eigenvalue weighted by molar-refractivity contribution is 6.02. The largest absolute Gasteiger partial charge is 0.478 e. The summed E-state index contributed by atoms with van der Waals surface area (Å²) in [6.45, 7) is 3.48. The Balaban J connectivity index is 2.17. The smallest absolute Gasteiger partial charge is 0.351 e. The molecule has 0 saturated carbocycles. The number of carbonyl (C=O) groups is 1. The molecule has 0 bridgehead atoms. The van der Waals surface area contributed by atoms with E-state index in [-0.39, 0.29) is 6.42 Å². The minimum atomic E-state index is -1.27. The first-order valence-corrected chi connectivity index (χ1v) is 5.12. The molecule has 0 fully saturated rings. The normalized spacial score (nSPS) is 24.0. The minimum absolute atomic E-state index is 0.221. The lowest BCUT2D eigenvalue weighted by Crippen LogP contribution is -2.35. The van der Waals surface area contributed by atoms with Crippen molar-refractivity contribution in [3.63, 3.8) is 0 Å². The van der Waals surface area contributed by atoms with Gasteiger partial charge in [0.05, 0.1) is 6.42 Å². The third kappa shape index (κ3) is 1.68. The van der Waals surface area contributed by atoms with E-state index >= 15 is 0 Å². The Morgan fingerprint density at radius 3 is 2.88 bits per heavy atom. The van der Waals surface area contributed by atoms with Crippen LogP contribution in [0.3, 0.4) is 0 Å². The van der Waals surface area contributed by atoms with Crippen LogP contribution in [0.25, 0.3) is 0 Å². The van der Waals surface area contributed by atoms with E-state index in [0.29, 0.717) is 11.5 Å². The summed E-state index contributed by atoms with van der Waals surface area (Å²) in [6, 6.07) is 3.64. The summed E-state index contributed by atoms with van der Waals surface area (Å²) < 4.78 is 5.49. The molecule has 16 heavy (non-hydrogen) atoms. The SMILES string of the molecule is CCc1ccc(C2=NOC(C)(C(=O)O)C2)o1. The fourth-order valence-electron chi connectivity index (χ4n) is 1.51. The third-order valence-electron chi connectivity index (χ3n) is 2.61. The van der Waals surface area contributed by atoms with Crippen LogP contribution < -0.4 is 0 Å². The molecule has 5 heteroatoms. The maximum Gasteiger partial charge on any atom is 0.351 e. The van der Waals surface area contributed by atoms with Crippen LogP contribution in [0, 0.1) is 0 Å². The molecule has 5 nitrogen and oxygen atoms in total. The molecule has 0 aromatic carbocycles. The van der Waals surface area contributed by atoms with E-state index in [9.17, 15) is 4.79 Å². The van der Waals surface area contributed by atoms with Crippen LogP contribution >= 0.6 is 0 Å². The molecule has 2 rings (SSSR count). The number of rotatable bonds is 3. The summed E-state index contributed by atoms with van der Waals surface area (Å²) in [5.74, 6) is 0.414. The fraction of sp³-hybridized carbons (Fsp3) is 0.455. The van der Waals surface area contributed by atoms with Crippen molar-refractivity contribution in [2.45, 2.75) is 32.3 Å². The molecule has 1 aliphatic heterocycles. The first-order valence-electron chi connectivity index (χ1n) is 5.12. The number of aryl methyl sites for hydroxylation is 1. The molecule has 0 amide bonds. The summed E-state index contributed by atoms with van der Waals surface area (Å²) >= 11 is 0. The van der Waals surface area contributed by atoms with Crippen LogP contribution in [0.5, 0.6) is 0 Å². The number of hydrogen-bond donors (Lipinski definition) is 1. The Hall–Kier alpha value is -1.78. The van der Waals surface area contributed by atoms with Gasteiger partial charge in [0.2, 0.25) is 5.60 Å². The summed E-state index contributed by atoms with van der Waals surface area (Å²) in [7, 11) is 0. The lowest BCUT2D eigenvalue weighted by molar-refractivity contribution is -0.160. The first kappa shape index (κ1) is 10.7. The summed E-state index contributed by atoms with van der Waals surface area (Å²) in [6.07, 6.45) is 1.02. The molecule has 0 spiro atoms. The summed E-state index contributed by atoms with van der Waals surface area (Å²) in [5, 5.41) is 12.7. The highest BCUT2D eigenvalue weighted by Gasteiger charge is 2.43. The quantitative estimate of drug-likeness (QED) is 0.848. The second kappa shape index (κ2) is 3.66. The lowest BCUT2D eigenvalue weighted by Gasteiger charge is -2.14. The number of furan rings is 1. The van der Waals surface area contributed by atoms with Gasteiger partial charge in [-0.3, -0.25) is 0 Å². The van der Waals surface area contributed by atoms with Crippen molar-refractivity contribution in [2.24, 2.45) is 5.16 Å². The molecule has 1 aromatic rings. The maximum atomic E-state index is 10.9. The number of hydrogen-bond acceptors (Lipinski definition) is 4. The topological polar surface area (TPSA) is 72.0 Å². The van der Waals surface area contributed by atoms with Crippen LogP contribution in [0.2, 0.25) is 0 Å². The average Bonchev–Trinajstić information content (AvgIpc) is 2.84. The van der Waals surface area contributed by atoms with Crippen LogP contribution in [-0.4, -0.2) is 22.4 Å². The van der Waals surface area contributed by atoms with E-state index in [1.54, 1.807) is 6.07 Å². The highest BCUT2D eigenvalue weighted by atomic mass is 16.7. The standard InChI is InChI=1S/C11H13NO4/c1-3-7-4-5-9(15-7)8-6-11(2,10(13)14)16-12-8/h4-5H,3,6H2,1-2H3,(H,13,14). The van der Waals surface area contributed by atoms with E-state index < -0.39 is 11.6 Å². The first-order chi connectivity index (χ1) is 7.55. The average molecular weight is 223 g/mol. The van der Waals surface area contributed by atoms with Crippen molar-refractivity contribution in [3.05, 3.63) is 23.7 Å². The molecule has 86 valence electrons. The van der Waals surface area contributed by atoms with Gasteiger partial charge in [0, 0.05) is 6.42 Å². The van der Waals surface area contributed by atoms with Gasteiger partial charge in [-0.05, 0) is 19.1 Å². The van der Waals surface area contributed by atoms with Crippen LogP contribution in [0.1, 0.15) is 31.8 Å². The van der Waals surface area contributed by atoms with Crippen molar-refractivity contribution in [2.75, 3.05) is 0 Å². The second-order valence-corrected chi connectivity index (χ2v) is 3.96. The van der Waals surface area contributed by atoms with E-state index in [1.807, 2.05) is 13.0 Å². The molecular formula is C11H13NO4. The lowest BCUT2D eigenvalue weighted by atomic mass is 9.99. The zero-order valence-corrected chi connectivity index (χ0v) is 9.19. The van der Waals surface area contributed by atoms with Gasteiger partial charge < -0.3 is 14.4 Å². The molecule has 0 saturated heterocycles. The Kier molecular flexibility index (Phi) is 2.46. The van der Waals surface area contributed by atoms with Gasteiger partial charge in [-0.25, -0.2) is 4.79 Å². The Morgan fingerprint density at radius 1 is 1.62 bits per heavy atom. The Labute approximate surface area is 92.7 Å². The summed E-state index contributed by atoms with van der Waals surface area (Å²) in [5.41, 5.74) is -0.723. The maximum absolute atomic E-state index is 10.9. The fourth-order valence-corrected chi connectivity index (χ4v) is 1.51.